The minimum atomic E-state index is -5.15. The first-order chi connectivity index (χ1) is 9.23. The lowest BCUT2D eigenvalue weighted by atomic mass is 10.1. The Morgan fingerprint density at radius 2 is 2.00 bits per heavy atom. The van der Waals surface area contributed by atoms with Crippen LogP contribution in [0.2, 0.25) is 0 Å². The van der Waals surface area contributed by atoms with E-state index in [1.165, 1.54) is 0 Å². The molecule has 20 heavy (non-hydrogen) atoms. The molecule has 2 N–H and O–H groups in total. The number of benzene rings is 1. The summed E-state index contributed by atoms with van der Waals surface area (Å²) in [6.07, 6.45) is 0.319. The highest BCUT2D eigenvalue weighted by Gasteiger charge is 2.26. The summed E-state index contributed by atoms with van der Waals surface area (Å²) in [7, 11) is -5.15. The number of rotatable bonds is 3. The molecule has 9 heteroatoms. The van der Waals surface area contributed by atoms with Gasteiger partial charge in [0.1, 0.15) is 0 Å². The van der Waals surface area contributed by atoms with Crippen LogP contribution in [0.4, 0.5) is 8.78 Å². The molecule has 1 heterocycles. The van der Waals surface area contributed by atoms with Crippen LogP contribution in [0.5, 0.6) is 5.75 Å². The largest absolute Gasteiger partial charge is 0.525 e. The molecule has 0 saturated heterocycles. The predicted octanol–water partition coefficient (Wildman–Crippen LogP) is 2.11. The van der Waals surface area contributed by atoms with Gasteiger partial charge in [-0.3, -0.25) is 9.79 Å². The number of halogens is 2. The van der Waals surface area contributed by atoms with Crippen LogP contribution < -0.4 is 10.1 Å². The molecule has 0 aliphatic heterocycles. The van der Waals surface area contributed by atoms with Gasteiger partial charge in [-0.05, 0) is 18.1 Å². The maximum absolute atomic E-state index is 14.0. The summed E-state index contributed by atoms with van der Waals surface area (Å²) in [6.45, 7) is 1.67. The zero-order valence-electron chi connectivity index (χ0n) is 10.1. The van der Waals surface area contributed by atoms with Gasteiger partial charge in [-0.2, -0.15) is 4.39 Å². The van der Waals surface area contributed by atoms with Crippen LogP contribution in [0.3, 0.4) is 0 Å². The predicted molar refractivity (Wildman–Crippen MR) is 64.5 cm³/mol. The molecule has 1 aromatic heterocycles. The summed E-state index contributed by atoms with van der Waals surface area (Å²) in [4.78, 5) is 28.5. The first kappa shape index (κ1) is 14.6. The van der Waals surface area contributed by atoms with Gasteiger partial charge in [0.2, 0.25) is 11.6 Å². The molecule has 0 spiro atoms. The lowest BCUT2D eigenvalue weighted by molar-refractivity contribution is 0.272. The van der Waals surface area contributed by atoms with Crippen molar-refractivity contribution in [2.24, 2.45) is 0 Å². The maximum atomic E-state index is 14.0. The molecule has 0 amide bonds. The first-order valence-electron chi connectivity index (χ1n) is 5.42. The zero-order valence-corrected chi connectivity index (χ0v) is 11.0. The number of aryl methyl sites for hydroxylation is 1. The third-order valence-electron chi connectivity index (χ3n) is 2.56. The minimum absolute atomic E-state index is 0.000150. The molecule has 1 aromatic carbocycles. The lowest BCUT2D eigenvalue weighted by Crippen LogP contribution is -2.04. The Morgan fingerprint density at radius 3 is 2.55 bits per heavy atom. The van der Waals surface area contributed by atoms with Crippen LogP contribution >= 0.6 is 7.82 Å². The summed E-state index contributed by atoms with van der Waals surface area (Å²) in [6, 6.07) is 1.88. The Morgan fingerprint density at radius 1 is 1.35 bits per heavy atom. The molecular formula is C11H9F2O6P. The average molecular weight is 306 g/mol. The van der Waals surface area contributed by atoms with Crippen molar-refractivity contribution in [3.63, 3.8) is 0 Å². The van der Waals surface area contributed by atoms with E-state index < -0.39 is 36.4 Å². The Bertz CT molecular complexity index is 779. The molecule has 0 bridgehead atoms. The van der Waals surface area contributed by atoms with Crippen molar-refractivity contribution < 1.29 is 32.1 Å². The van der Waals surface area contributed by atoms with Crippen molar-refractivity contribution in [2.45, 2.75) is 13.3 Å². The highest BCUT2D eigenvalue weighted by molar-refractivity contribution is 7.46. The molecule has 108 valence electrons. The number of hydrogen-bond acceptors (Lipinski definition) is 4. The van der Waals surface area contributed by atoms with Gasteiger partial charge in [-0.15, -0.1) is 0 Å². The summed E-state index contributed by atoms with van der Waals surface area (Å²) >= 11 is 0. The third-order valence-corrected chi connectivity index (χ3v) is 2.98. The highest BCUT2D eigenvalue weighted by Crippen LogP contribution is 2.42. The van der Waals surface area contributed by atoms with Crippen LogP contribution in [-0.2, 0) is 11.0 Å². The van der Waals surface area contributed by atoms with Gasteiger partial charge < -0.3 is 8.94 Å². The topological polar surface area (TPSA) is 97.0 Å². The molecule has 0 atom stereocenters. The van der Waals surface area contributed by atoms with Crippen LogP contribution in [0.15, 0.2) is 21.3 Å². The molecule has 0 aliphatic carbocycles. The highest BCUT2D eigenvalue weighted by atomic mass is 31.2. The van der Waals surface area contributed by atoms with Gasteiger partial charge in [0, 0.05) is 11.5 Å². The summed E-state index contributed by atoms with van der Waals surface area (Å²) < 4.78 is 46.9. The molecule has 2 aromatic rings. The molecule has 6 nitrogen and oxygen atoms in total. The van der Waals surface area contributed by atoms with Gasteiger partial charge >= 0.3 is 13.4 Å². The molecule has 2 rings (SSSR count). The average Bonchev–Trinajstić information content (AvgIpc) is 2.33. The second kappa shape index (κ2) is 4.97. The molecule has 0 aliphatic rings. The number of fused-ring (bicyclic) bond motifs is 1. The van der Waals surface area contributed by atoms with Crippen LogP contribution in [0.1, 0.15) is 12.5 Å². The number of phosphoric ester groups is 1. The number of hydrogen-bond donors (Lipinski definition) is 2. The van der Waals surface area contributed by atoms with E-state index in [-0.39, 0.29) is 5.39 Å². The lowest BCUT2D eigenvalue weighted by Gasteiger charge is -2.11. The molecule has 0 unspecified atom stereocenters. The summed E-state index contributed by atoms with van der Waals surface area (Å²) in [5.41, 5.74) is -1.13. The molecule has 0 fully saturated rings. The second-order valence-electron chi connectivity index (χ2n) is 3.90. The third kappa shape index (κ3) is 2.72. The maximum Gasteiger partial charge on any atom is 0.525 e. The van der Waals surface area contributed by atoms with Crippen LogP contribution in [-0.4, -0.2) is 9.79 Å². The van der Waals surface area contributed by atoms with Crippen LogP contribution in [0, 0.1) is 11.6 Å². The van der Waals surface area contributed by atoms with E-state index in [4.69, 9.17) is 9.79 Å². The van der Waals surface area contributed by atoms with E-state index in [1.807, 2.05) is 0 Å². The smallest absolute Gasteiger partial charge is 0.419 e. The van der Waals surface area contributed by atoms with Gasteiger partial charge in [-0.1, -0.05) is 6.92 Å². The second-order valence-corrected chi connectivity index (χ2v) is 5.07. The van der Waals surface area contributed by atoms with E-state index in [1.54, 1.807) is 6.92 Å². The van der Waals surface area contributed by atoms with Gasteiger partial charge in [-0.25, -0.2) is 13.8 Å². The SMILES string of the molecule is CCc1cc(=O)oc2c(F)c(OP(=O)(O)O)c(F)cc12. The summed E-state index contributed by atoms with van der Waals surface area (Å²) in [5, 5.41) is 0.000150. The van der Waals surface area contributed by atoms with Gasteiger partial charge in [0.15, 0.2) is 11.4 Å². The Balaban J connectivity index is 2.82. The summed E-state index contributed by atoms with van der Waals surface area (Å²) in [5.74, 6) is -4.07. The monoisotopic (exact) mass is 306 g/mol. The molecule has 0 radical (unpaired) electrons. The van der Waals surface area contributed by atoms with Crippen molar-refractivity contribution in [3.05, 3.63) is 39.8 Å². The quantitative estimate of drug-likeness (QED) is 0.666. The molecule has 0 saturated carbocycles. The van der Waals surface area contributed by atoms with Crippen LogP contribution in [0.25, 0.3) is 11.0 Å². The van der Waals surface area contributed by atoms with Crippen molar-refractivity contribution in [1.29, 1.82) is 0 Å². The fraction of sp³-hybridized carbons (Fsp3) is 0.182. The van der Waals surface area contributed by atoms with E-state index in [0.717, 1.165) is 12.1 Å². The van der Waals surface area contributed by atoms with E-state index >= 15 is 0 Å². The standard InChI is InChI=1S/C11H9F2O6P/c1-2-5-3-8(14)18-10-6(5)4-7(12)11(9(10)13)19-20(15,16)17/h3-4H,2H2,1H3,(H2,15,16,17). The van der Waals surface area contributed by atoms with Crippen molar-refractivity contribution in [3.8, 4) is 5.75 Å². The molecular weight excluding hydrogens is 297 g/mol. The Hall–Kier alpha value is -1.76. The van der Waals surface area contributed by atoms with Crippen molar-refractivity contribution in [2.75, 3.05) is 0 Å². The number of phosphoric acid groups is 1. The van der Waals surface area contributed by atoms with E-state index in [2.05, 4.69) is 8.94 Å². The van der Waals surface area contributed by atoms with E-state index in [9.17, 15) is 18.1 Å². The van der Waals surface area contributed by atoms with Gasteiger partial charge in [0.25, 0.3) is 0 Å². The first-order valence-corrected chi connectivity index (χ1v) is 6.96. The normalized spacial score (nSPS) is 11.8. The van der Waals surface area contributed by atoms with Gasteiger partial charge in [0.05, 0.1) is 0 Å². The minimum Gasteiger partial charge on any atom is -0.419 e. The zero-order chi connectivity index (χ0) is 15.1. The fourth-order valence-corrected chi connectivity index (χ4v) is 2.17. The van der Waals surface area contributed by atoms with E-state index in [0.29, 0.717) is 12.0 Å². The van der Waals surface area contributed by atoms with Crippen molar-refractivity contribution in [1.82, 2.24) is 0 Å². The Labute approximate surface area is 110 Å². The Kier molecular flexibility index (Phi) is 3.64. The fourth-order valence-electron chi connectivity index (χ4n) is 1.77. The van der Waals surface area contributed by atoms with Crippen molar-refractivity contribution >= 4 is 18.8 Å².